The first-order chi connectivity index (χ1) is 10.4. The molecule has 1 unspecified atom stereocenters. The number of nitrogens with two attached hydrogens (primary N) is 1. The second-order valence-corrected chi connectivity index (χ2v) is 6.11. The topological polar surface area (TPSA) is 81.1 Å². The number of carboxylic acids is 1. The van der Waals surface area contributed by atoms with Crippen LogP contribution in [-0.2, 0) is 10.2 Å². The van der Waals surface area contributed by atoms with Crippen molar-refractivity contribution in [1.29, 1.82) is 0 Å². The zero-order valence-electron chi connectivity index (χ0n) is 13.3. The van der Waals surface area contributed by atoms with Gasteiger partial charge in [-0.05, 0) is 30.2 Å². The predicted molar refractivity (Wildman–Crippen MR) is 86.3 cm³/mol. The van der Waals surface area contributed by atoms with Crippen LogP contribution >= 0.6 is 0 Å². The standard InChI is InChI=1S/C17H23N3O2/c1-4-14(16(21)22)12-5-7-13(8-6-12)20-15(9-10-19-20)17(2,3)11-18/h5-10,14H,4,11,18H2,1-3H3,(H,21,22). The lowest BCUT2D eigenvalue weighted by molar-refractivity contribution is -0.138. The molecule has 3 N–H and O–H groups in total. The Balaban J connectivity index is 2.37. The molecule has 1 heterocycles. The Hall–Kier alpha value is -2.14. The van der Waals surface area contributed by atoms with Gasteiger partial charge in [-0.25, -0.2) is 4.68 Å². The summed E-state index contributed by atoms with van der Waals surface area (Å²) in [6.45, 7) is 6.55. The molecular weight excluding hydrogens is 278 g/mol. The molecule has 0 aliphatic rings. The van der Waals surface area contributed by atoms with Gasteiger partial charge in [0.25, 0.3) is 0 Å². The van der Waals surface area contributed by atoms with E-state index in [-0.39, 0.29) is 5.41 Å². The molecule has 22 heavy (non-hydrogen) atoms. The number of carbonyl (C=O) groups is 1. The van der Waals surface area contributed by atoms with E-state index >= 15 is 0 Å². The number of hydrogen-bond donors (Lipinski definition) is 2. The molecule has 118 valence electrons. The average Bonchev–Trinajstić information content (AvgIpc) is 2.98. The Bertz CT molecular complexity index is 644. The number of nitrogens with zero attached hydrogens (tertiary/aromatic N) is 2. The molecule has 0 aliphatic carbocycles. The highest BCUT2D eigenvalue weighted by atomic mass is 16.4. The molecule has 0 amide bonds. The molecule has 0 saturated heterocycles. The molecule has 1 aromatic heterocycles. The number of hydrogen-bond acceptors (Lipinski definition) is 3. The first-order valence-corrected chi connectivity index (χ1v) is 7.48. The summed E-state index contributed by atoms with van der Waals surface area (Å²) < 4.78 is 1.86. The Labute approximate surface area is 130 Å². The maximum Gasteiger partial charge on any atom is 0.310 e. The maximum absolute atomic E-state index is 11.2. The van der Waals surface area contributed by atoms with Crippen LogP contribution in [-0.4, -0.2) is 27.4 Å². The predicted octanol–water partition coefficient (Wildman–Crippen LogP) is 2.69. The molecule has 1 atom stereocenters. The van der Waals surface area contributed by atoms with Crippen LogP contribution in [0.25, 0.3) is 5.69 Å². The van der Waals surface area contributed by atoms with E-state index in [9.17, 15) is 9.90 Å². The Morgan fingerprint density at radius 3 is 2.45 bits per heavy atom. The van der Waals surface area contributed by atoms with Gasteiger partial charge >= 0.3 is 5.97 Å². The monoisotopic (exact) mass is 301 g/mol. The van der Waals surface area contributed by atoms with Crippen molar-refractivity contribution in [1.82, 2.24) is 9.78 Å². The van der Waals surface area contributed by atoms with Gasteiger partial charge in [-0.1, -0.05) is 32.9 Å². The van der Waals surface area contributed by atoms with Crippen LogP contribution in [0.3, 0.4) is 0 Å². The van der Waals surface area contributed by atoms with E-state index in [4.69, 9.17) is 5.73 Å². The van der Waals surface area contributed by atoms with Crippen LogP contribution in [0.4, 0.5) is 0 Å². The van der Waals surface area contributed by atoms with Crippen molar-refractivity contribution in [2.24, 2.45) is 5.73 Å². The van der Waals surface area contributed by atoms with Gasteiger partial charge < -0.3 is 10.8 Å². The van der Waals surface area contributed by atoms with E-state index in [1.165, 1.54) is 0 Å². The van der Waals surface area contributed by atoms with Crippen LogP contribution in [0.15, 0.2) is 36.5 Å². The van der Waals surface area contributed by atoms with Crippen LogP contribution in [0.1, 0.15) is 44.4 Å². The molecule has 0 bridgehead atoms. The van der Waals surface area contributed by atoms with Gasteiger partial charge in [0.05, 0.1) is 17.3 Å². The third-order valence-corrected chi connectivity index (χ3v) is 4.09. The van der Waals surface area contributed by atoms with Crippen molar-refractivity contribution in [3.05, 3.63) is 47.8 Å². The van der Waals surface area contributed by atoms with Crippen molar-refractivity contribution in [3.8, 4) is 5.69 Å². The molecular formula is C17H23N3O2. The summed E-state index contributed by atoms with van der Waals surface area (Å²) in [7, 11) is 0. The molecule has 0 spiro atoms. The number of rotatable bonds is 6. The van der Waals surface area contributed by atoms with Crippen LogP contribution < -0.4 is 5.73 Å². The lowest BCUT2D eigenvalue weighted by atomic mass is 9.89. The van der Waals surface area contributed by atoms with Crippen LogP contribution in [0.2, 0.25) is 0 Å². The van der Waals surface area contributed by atoms with E-state index in [2.05, 4.69) is 18.9 Å². The Morgan fingerprint density at radius 2 is 1.95 bits per heavy atom. The SMILES string of the molecule is CCC(C(=O)O)c1ccc(-n2nccc2C(C)(C)CN)cc1. The summed E-state index contributed by atoms with van der Waals surface area (Å²) in [6, 6.07) is 9.50. The minimum absolute atomic E-state index is 0.178. The summed E-state index contributed by atoms with van der Waals surface area (Å²) in [5.41, 5.74) is 8.43. The zero-order valence-corrected chi connectivity index (χ0v) is 13.3. The molecule has 1 aromatic carbocycles. The molecule has 5 heteroatoms. The van der Waals surface area contributed by atoms with Crippen molar-refractivity contribution >= 4 is 5.97 Å². The molecule has 0 fully saturated rings. The minimum atomic E-state index is -0.792. The van der Waals surface area contributed by atoms with Crippen molar-refractivity contribution in [3.63, 3.8) is 0 Å². The molecule has 0 radical (unpaired) electrons. The minimum Gasteiger partial charge on any atom is -0.481 e. The van der Waals surface area contributed by atoms with Crippen molar-refractivity contribution in [2.45, 2.75) is 38.5 Å². The largest absolute Gasteiger partial charge is 0.481 e. The summed E-state index contributed by atoms with van der Waals surface area (Å²) in [4.78, 5) is 11.2. The van der Waals surface area contributed by atoms with Gasteiger partial charge in [-0.3, -0.25) is 4.79 Å². The highest BCUT2D eigenvalue weighted by Gasteiger charge is 2.24. The quantitative estimate of drug-likeness (QED) is 0.859. The summed E-state index contributed by atoms with van der Waals surface area (Å²) >= 11 is 0. The second kappa shape index (κ2) is 6.32. The zero-order chi connectivity index (χ0) is 16.3. The number of aliphatic carboxylic acids is 1. The fourth-order valence-electron chi connectivity index (χ4n) is 2.53. The van der Waals surface area contributed by atoms with E-state index in [1.54, 1.807) is 6.20 Å². The van der Waals surface area contributed by atoms with Gasteiger partial charge in [-0.15, -0.1) is 0 Å². The first kappa shape index (κ1) is 16.2. The molecule has 2 aromatic rings. The van der Waals surface area contributed by atoms with E-state index in [0.717, 1.165) is 16.9 Å². The molecule has 0 aliphatic heterocycles. The number of carboxylic acid groups (broad SMARTS) is 1. The van der Waals surface area contributed by atoms with Gasteiger partial charge in [0.1, 0.15) is 0 Å². The summed E-state index contributed by atoms with van der Waals surface area (Å²) in [5.74, 6) is -1.26. The summed E-state index contributed by atoms with van der Waals surface area (Å²) in [5, 5.41) is 13.6. The van der Waals surface area contributed by atoms with Gasteiger partial charge in [-0.2, -0.15) is 5.10 Å². The van der Waals surface area contributed by atoms with Gasteiger partial charge in [0, 0.05) is 18.2 Å². The molecule has 2 rings (SSSR count). The third-order valence-electron chi connectivity index (χ3n) is 4.09. The fraction of sp³-hybridized carbons (Fsp3) is 0.412. The Morgan fingerprint density at radius 1 is 1.32 bits per heavy atom. The lowest BCUT2D eigenvalue weighted by Crippen LogP contribution is -2.30. The normalized spacial score (nSPS) is 13.1. The smallest absolute Gasteiger partial charge is 0.310 e. The first-order valence-electron chi connectivity index (χ1n) is 7.48. The number of benzene rings is 1. The van der Waals surface area contributed by atoms with Crippen LogP contribution in [0.5, 0.6) is 0 Å². The van der Waals surface area contributed by atoms with Crippen molar-refractivity contribution < 1.29 is 9.90 Å². The van der Waals surface area contributed by atoms with E-state index in [0.29, 0.717) is 13.0 Å². The Kier molecular flexibility index (Phi) is 4.66. The average molecular weight is 301 g/mol. The number of aromatic nitrogens is 2. The molecule has 5 nitrogen and oxygen atoms in total. The highest BCUT2D eigenvalue weighted by molar-refractivity contribution is 5.76. The third kappa shape index (κ3) is 3.04. The fourth-order valence-corrected chi connectivity index (χ4v) is 2.53. The summed E-state index contributed by atoms with van der Waals surface area (Å²) in [6.07, 6.45) is 2.33. The van der Waals surface area contributed by atoms with Crippen molar-refractivity contribution in [2.75, 3.05) is 6.54 Å². The second-order valence-electron chi connectivity index (χ2n) is 6.11. The van der Waals surface area contributed by atoms with E-state index in [1.807, 2.05) is 41.9 Å². The molecule has 0 saturated carbocycles. The van der Waals surface area contributed by atoms with Gasteiger partial charge in [0.15, 0.2) is 0 Å². The van der Waals surface area contributed by atoms with Gasteiger partial charge in [0.2, 0.25) is 0 Å². The van der Waals surface area contributed by atoms with E-state index < -0.39 is 11.9 Å². The maximum atomic E-state index is 11.2. The highest BCUT2D eigenvalue weighted by Crippen LogP contribution is 2.26. The lowest BCUT2D eigenvalue weighted by Gasteiger charge is -2.24. The van der Waals surface area contributed by atoms with Crippen LogP contribution in [0, 0.1) is 0 Å².